The van der Waals surface area contributed by atoms with Gasteiger partial charge in [0.25, 0.3) is 0 Å². The first-order valence-electron chi connectivity index (χ1n) is 18.3. The van der Waals surface area contributed by atoms with Crippen LogP contribution in [0.1, 0.15) is 0 Å². The van der Waals surface area contributed by atoms with Crippen molar-refractivity contribution in [1.82, 2.24) is 13.7 Å². The number of hydrogen-bond donors (Lipinski definition) is 0. The molecule has 0 spiro atoms. The van der Waals surface area contributed by atoms with Crippen LogP contribution in [-0.4, -0.2) is 13.7 Å². The lowest BCUT2D eigenvalue weighted by molar-refractivity contribution is 1.16. The summed E-state index contributed by atoms with van der Waals surface area (Å²) in [5.74, 6) is 0. The average molecular weight is 700 g/mol. The second-order valence-corrected chi connectivity index (χ2v) is 13.9. The number of para-hydroxylation sites is 5. The first kappa shape index (κ1) is 30.7. The zero-order chi connectivity index (χ0) is 36.6. The minimum atomic E-state index is 0.573. The standard InChI is InChI=1S/C50H29N5/c1-51-32-26-28-46-39(30-32)36-16-5-10-21-43(36)53(46)44-22-11-6-17-37(44)40-31-33(52-2)27-29-47(40)55-45-23-12-7-18-38(45)50-48(24-13-25-49(50)55)54-41-19-8-3-14-34(41)35-15-4-9-20-42(35)54/h3-31H. The summed E-state index contributed by atoms with van der Waals surface area (Å²) in [6.45, 7) is 15.8. The summed E-state index contributed by atoms with van der Waals surface area (Å²) in [6, 6.07) is 61.4. The van der Waals surface area contributed by atoms with Gasteiger partial charge in [-0.2, -0.15) is 0 Å². The van der Waals surface area contributed by atoms with Gasteiger partial charge in [-0.1, -0.05) is 109 Å². The van der Waals surface area contributed by atoms with Gasteiger partial charge in [-0.15, -0.1) is 0 Å². The summed E-state index contributed by atoms with van der Waals surface area (Å²) in [7, 11) is 0. The van der Waals surface area contributed by atoms with E-state index in [4.69, 9.17) is 13.1 Å². The van der Waals surface area contributed by atoms with Gasteiger partial charge in [0.1, 0.15) is 0 Å². The zero-order valence-electron chi connectivity index (χ0n) is 29.5. The molecule has 8 aromatic carbocycles. The maximum atomic E-state index is 8.08. The summed E-state index contributed by atoms with van der Waals surface area (Å²) < 4.78 is 7.08. The lowest BCUT2D eigenvalue weighted by atomic mass is 10.00. The Bertz CT molecular complexity index is 3420. The van der Waals surface area contributed by atoms with Crippen LogP contribution in [0.15, 0.2) is 176 Å². The molecule has 55 heavy (non-hydrogen) atoms. The molecule has 0 radical (unpaired) electrons. The summed E-state index contributed by atoms with van der Waals surface area (Å²) in [6.07, 6.45) is 0. The van der Waals surface area contributed by atoms with Gasteiger partial charge in [0.05, 0.1) is 63.3 Å². The molecule has 0 bridgehead atoms. The molecule has 254 valence electrons. The molecule has 0 unspecified atom stereocenters. The Morgan fingerprint density at radius 2 is 0.745 bits per heavy atom. The van der Waals surface area contributed by atoms with Crippen LogP contribution in [0, 0.1) is 13.1 Å². The highest BCUT2D eigenvalue weighted by Crippen LogP contribution is 2.44. The Morgan fingerprint density at radius 3 is 1.42 bits per heavy atom. The van der Waals surface area contributed by atoms with Crippen LogP contribution in [0.4, 0.5) is 11.4 Å². The quantitative estimate of drug-likeness (QED) is 0.163. The number of aromatic nitrogens is 3. The molecule has 5 nitrogen and oxygen atoms in total. The SMILES string of the molecule is [C-]#[N+]c1ccc(-n2c3ccccc3c3c(-n4c5ccccc5c5ccccc54)cccc32)c(-c2ccccc2-n2c3ccccc3c3cc([N+]#[C-])ccc32)c1. The maximum Gasteiger partial charge on any atom is 0.188 e. The van der Waals surface area contributed by atoms with Crippen molar-refractivity contribution in [3.8, 4) is 28.2 Å². The molecule has 0 aliphatic heterocycles. The van der Waals surface area contributed by atoms with Gasteiger partial charge in [0.2, 0.25) is 0 Å². The fourth-order valence-corrected chi connectivity index (χ4v) is 8.82. The van der Waals surface area contributed by atoms with E-state index in [1.165, 1.54) is 21.8 Å². The Morgan fingerprint density at radius 1 is 0.309 bits per heavy atom. The monoisotopic (exact) mass is 699 g/mol. The molecule has 0 saturated heterocycles. The number of nitrogens with zero attached hydrogens (tertiary/aromatic N) is 5. The number of benzene rings is 8. The highest BCUT2D eigenvalue weighted by atomic mass is 15.0. The van der Waals surface area contributed by atoms with Crippen molar-refractivity contribution in [1.29, 1.82) is 0 Å². The number of rotatable bonds is 4. The van der Waals surface area contributed by atoms with E-state index in [-0.39, 0.29) is 0 Å². The van der Waals surface area contributed by atoms with Gasteiger partial charge in [-0.05, 0) is 77.7 Å². The van der Waals surface area contributed by atoms with Gasteiger partial charge >= 0.3 is 0 Å². The number of hydrogen-bond acceptors (Lipinski definition) is 0. The number of fused-ring (bicyclic) bond motifs is 9. The Hall–Kier alpha value is -7.86. The normalized spacial score (nSPS) is 11.6. The maximum absolute atomic E-state index is 8.08. The van der Waals surface area contributed by atoms with Crippen LogP contribution < -0.4 is 0 Å². The molecule has 0 saturated carbocycles. The van der Waals surface area contributed by atoms with Crippen LogP contribution in [0.3, 0.4) is 0 Å². The molecule has 5 heteroatoms. The van der Waals surface area contributed by atoms with Gasteiger partial charge in [0.15, 0.2) is 11.4 Å². The first-order chi connectivity index (χ1) is 27.2. The minimum absolute atomic E-state index is 0.573. The topological polar surface area (TPSA) is 23.5 Å². The molecule has 3 heterocycles. The fourth-order valence-electron chi connectivity index (χ4n) is 8.82. The molecular formula is C50H29N5. The van der Waals surface area contributed by atoms with Crippen molar-refractivity contribution in [2.75, 3.05) is 0 Å². The van der Waals surface area contributed by atoms with Crippen molar-refractivity contribution >= 4 is 76.8 Å². The van der Waals surface area contributed by atoms with Crippen LogP contribution in [-0.2, 0) is 0 Å². The summed E-state index contributed by atoms with van der Waals surface area (Å²) in [5, 5.41) is 6.89. The molecule has 0 atom stereocenters. The first-order valence-corrected chi connectivity index (χ1v) is 18.3. The molecule has 3 aromatic heterocycles. The van der Waals surface area contributed by atoms with Crippen LogP contribution in [0.5, 0.6) is 0 Å². The third-order valence-corrected chi connectivity index (χ3v) is 11.1. The molecule has 0 aliphatic rings. The Labute approximate surface area is 316 Å². The second-order valence-electron chi connectivity index (χ2n) is 13.9. The molecular weight excluding hydrogens is 671 g/mol. The lowest BCUT2D eigenvalue weighted by Gasteiger charge is -2.19. The van der Waals surface area contributed by atoms with Gasteiger partial charge in [-0.25, -0.2) is 9.69 Å². The van der Waals surface area contributed by atoms with E-state index in [0.29, 0.717) is 11.4 Å². The van der Waals surface area contributed by atoms with E-state index in [1.807, 2.05) is 24.3 Å². The van der Waals surface area contributed by atoms with E-state index < -0.39 is 0 Å². The van der Waals surface area contributed by atoms with Gasteiger partial charge in [-0.3, -0.25) is 0 Å². The van der Waals surface area contributed by atoms with Crippen molar-refractivity contribution in [3.63, 3.8) is 0 Å². The van der Waals surface area contributed by atoms with Crippen molar-refractivity contribution in [2.24, 2.45) is 0 Å². The molecule has 11 rings (SSSR count). The average Bonchev–Trinajstić information content (AvgIpc) is 3.89. The van der Waals surface area contributed by atoms with E-state index in [1.54, 1.807) is 0 Å². The Kier molecular flexibility index (Phi) is 6.61. The third-order valence-electron chi connectivity index (χ3n) is 11.1. The van der Waals surface area contributed by atoms with Crippen molar-refractivity contribution in [2.45, 2.75) is 0 Å². The van der Waals surface area contributed by atoms with Crippen LogP contribution in [0.2, 0.25) is 0 Å². The summed E-state index contributed by atoms with van der Waals surface area (Å²) in [4.78, 5) is 7.67. The molecule has 0 aliphatic carbocycles. The van der Waals surface area contributed by atoms with E-state index >= 15 is 0 Å². The fraction of sp³-hybridized carbons (Fsp3) is 0. The van der Waals surface area contributed by atoms with E-state index in [9.17, 15) is 0 Å². The Balaban J connectivity index is 1.23. The van der Waals surface area contributed by atoms with Crippen molar-refractivity contribution < 1.29 is 0 Å². The smallest absolute Gasteiger partial charge is 0.188 e. The zero-order valence-corrected chi connectivity index (χ0v) is 29.5. The van der Waals surface area contributed by atoms with E-state index in [2.05, 4.69) is 175 Å². The highest BCUT2D eigenvalue weighted by molar-refractivity contribution is 6.17. The third kappa shape index (κ3) is 4.39. The summed E-state index contributed by atoms with van der Waals surface area (Å²) >= 11 is 0. The van der Waals surface area contributed by atoms with Crippen LogP contribution in [0.25, 0.3) is 103 Å². The van der Waals surface area contributed by atoms with Crippen molar-refractivity contribution in [3.05, 3.63) is 199 Å². The summed E-state index contributed by atoms with van der Waals surface area (Å²) in [5.41, 5.74) is 12.8. The lowest BCUT2D eigenvalue weighted by Crippen LogP contribution is -2.01. The predicted molar refractivity (Wildman–Crippen MR) is 227 cm³/mol. The predicted octanol–water partition coefficient (Wildman–Crippen LogP) is 13.7. The van der Waals surface area contributed by atoms with Gasteiger partial charge < -0.3 is 13.7 Å². The second kappa shape index (κ2) is 11.8. The highest BCUT2D eigenvalue weighted by Gasteiger charge is 2.23. The molecule has 0 fully saturated rings. The molecule has 0 N–H and O–H groups in total. The largest absolute Gasteiger partial charge is 0.309 e. The molecule has 0 amide bonds. The van der Waals surface area contributed by atoms with Crippen LogP contribution >= 0.6 is 0 Å². The minimum Gasteiger partial charge on any atom is -0.309 e. The molecule has 11 aromatic rings. The van der Waals surface area contributed by atoms with Gasteiger partial charge in [0, 0.05) is 32.5 Å². The van der Waals surface area contributed by atoms with E-state index in [0.717, 1.165) is 71.8 Å².